The molecule has 5 rings (SSSR count). The van der Waals surface area contributed by atoms with Crippen molar-refractivity contribution in [2.45, 2.75) is 43.8 Å². The summed E-state index contributed by atoms with van der Waals surface area (Å²) in [5.41, 5.74) is 3.76. The molecule has 1 aliphatic rings. The lowest BCUT2D eigenvalue weighted by Crippen LogP contribution is -2.39. The quantitative estimate of drug-likeness (QED) is 0.179. The van der Waals surface area contributed by atoms with Crippen LogP contribution >= 0.6 is 0 Å². The first-order valence-corrected chi connectivity index (χ1v) is 14.7. The van der Waals surface area contributed by atoms with Crippen LogP contribution in [0.15, 0.2) is 120 Å². The second kappa shape index (κ2) is 14.4. The summed E-state index contributed by atoms with van der Waals surface area (Å²) < 4.78 is 0. The van der Waals surface area contributed by atoms with E-state index >= 15 is 0 Å². The van der Waals surface area contributed by atoms with Crippen molar-refractivity contribution in [3.63, 3.8) is 0 Å². The third-order valence-corrected chi connectivity index (χ3v) is 7.91. The first-order valence-electron chi connectivity index (χ1n) is 14.7. The number of likely N-dealkylation sites (tertiary alicyclic amines) is 1. The Morgan fingerprint density at radius 1 is 0.818 bits per heavy atom. The van der Waals surface area contributed by atoms with Crippen LogP contribution in [0.1, 0.15) is 47.4 Å². The van der Waals surface area contributed by atoms with E-state index in [1.54, 1.807) is 42.5 Å². The highest BCUT2D eigenvalue weighted by molar-refractivity contribution is 6.17. The van der Waals surface area contributed by atoms with E-state index in [9.17, 15) is 24.6 Å². The van der Waals surface area contributed by atoms with Gasteiger partial charge in [-0.05, 0) is 36.6 Å². The number of nitrogens with zero attached hydrogens (tertiary/aromatic N) is 2. The standard InChI is InChI=1S/C36H35N3O5/c40-32(41)23-29(26-15-6-2-7-16-26)34(36(43)44)38-33(27-17-8-3-9-18-27)28-19-10-11-20-30(28)37-35(42)31-21-12-22-39(31)24-25-13-4-1-5-14-25/h1-11,13-20,29,31,34H,12,21-24H2,(H,37,42)(H,40,41)(H,43,44). The molecule has 8 nitrogen and oxygen atoms in total. The summed E-state index contributed by atoms with van der Waals surface area (Å²) in [6.07, 6.45) is 1.23. The van der Waals surface area contributed by atoms with E-state index in [1.807, 2.05) is 60.7 Å². The average Bonchev–Trinajstić information content (AvgIpc) is 3.50. The summed E-state index contributed by atoms with van der Waals surface area (Å²) in [7, 11) is 0. The van der Waals surface area contributed by atoms with Gasteiger partial charge >= 0.3 is 11.9 Å². The van der Waals surface area contributed by atoms with Gasteiger partial charge in [0, 0.05) is 23.6 Å². The van der Waals surface area contributed by atoms with Crippen LogP contribution in [0.4, 0.5) is 5.69 Å². The first kappa shape index (κ1) is 30.4. The Bertz CT molecular complexity index is 1610. The molecule has 3 unspecified atom stereocenters. The number of nitrogens with one attached hydrogen (secondary N) is 1. The number of benzene rings is 4. The Balaban J connectivity index is 1.52. The summed E-state index contributed by atoms with van der Waals surface area (Å²) in [6.45, 7) is 1.48. The minimum Gasteiger partial charge on any atom is -0.481 e. The Morgan fingerprint density at radius 3 is 2.09 bits per heavy atom. The molecule has 3 atom stereocenters. The van der Waals surface area contributed by atoms with Gasteiger partial charge < -0.3 is 15.5 Å². The monoisotopic (exact) mass is 589 g/mol. The Kier molecular flexibility index (Phi) is 9.94. The fourth-order valence-electron chi connectivity index (χ4n) is 5.80. The lowest BCUT2D eigenvalue weighted by atomic mass is 9.88. The zero-order valence-electron chi connectivity index (χ0n) is 24.3. The van der Waals surface area contributed by atoms with Gasteiger partial charge in [-0.25, -0.2) is 4.79 Å². The van der Waals surface area contributed by atoms with E-state index in [2.05, 4.69) is 22.3 Å². The number of carboxylic acids is 2. The average molecular weight is 590 g/mol. The molecule has 1 amide bonds. The van der Waals surface area contributed by atoms with Crippen molar-refractivity contribution >= 4 is 29.2 Å². The van der Waals surface area contributed by atoms with E-state index < -0.39 is 30.3 Å². The molecule has 8 heteroatoms. The van der Waals surface area contributed by atoms with E-state index in [4.69, 9.17) is 4.99 Å². The van der Waals surface area contributed by atoms with Crippen molar-refractivity contribution in [2.24, 2.45) is 4.99 Å². The fourth-order valence-corrected chi connectivity index (χ4v) is 5.80. The number of para-hydroxylation sites is 1. The number of anilines is 1. The van der Waals surface area contributed by atoms with Gasteiger partial charge in [-0.15, -0.1) is 0 Å². The fraction of sp³-hybridized carbons (Fsp3) is 0.222. The summed E-state index contributed by atoms with van der Waals surface area (Å²) in [5, 5.41) is 23.2. The summed E-state index contributed by atoms with van der Waals surface area (Å²) in [5.74, 6) is -3.42. The van der Waals surface area contributed by atoms with Crippen LogP contribution in [-0.4, -0.2) is 57.3 Å². The molecule has 1 heterocycles. The molecule has 4 aromatic rings. The van der Waals surface area contributed by atoms with E-state index in [1.165, 1.54) is 0 Å². The Labute approximate surface area is 256 Å². The molecule has 224 valence electrons. The lowest BCUT2D eigenvalue weighted by molar-refractivity contribution is -0.140. The molecule has 0 bridgehead atoms. The predicted octanol–water partition coefficient (Wildman–Crippen LogP) is 5.84. The van der Waals surface area contributed by atoms with Crippen molar-refractivity contribution in [1.29, 1.82) is 0 Å². The third-order valence-electron chi connectivity index (χ3n) is 7.91. The van der Waals surface area contributed by atoms with E-state index in [0.29, 0.717) is 34.6 Å². The molecule has 0 spiro atoms. The molecule has 4 aromatic carbocycles. The van der Waals surface area contributed by atoms with Crippen molar-refractivity contribution in [3.8, 4) is 0 Å². The second-order valence-corrected chi connectivity index (χ2v) is 10.9. The van der Waals surface area contributed by atoms with Crippen molar-refractivity contribution in [2.75, 3.05) is 11.9 Å². The number of hydrogen-bond acceptors (Lipinski definition) is 5. The molecular formula is C36H35N3O5. The second-order valence-electron chi connectivity index (χ2n) is 10.9. The van der Waals surface area contributed by atoms with Crippen LogP contribution in [-0.2, 0) is 20.9 Å². The number of rotatable bonds is 12. The summed E-state index contributed by atoms with van der Waals surface area (Å²) in [6, 6.07) is 33.4. The number of carbonyl (C=O) groups excluding carboxylic acids is 1. The maximum atomic E-state index is 13.7. The van der Waals surface area contributed by atoms with E-state index in [0.717, 1.165) is 24.9 Å². The molecule has 3 N–H and O–H groups in total. The summed E-state index contributed by atoms with van der Waals surface area (Å²) in [4.78, 5) is 45.3. The van der Waals surface area contributed by atoms with Crippen LogP contribution in [0.5, 0.6) is 0 Å². The minimum absolute atomic E-state index is 0.138. The third kappa shape index (κ3) is 7.46. The van der Waals surface area contributed by atoms with Gasteiger partial charge in [-0.2, -0.15) is 0 Å². The largest absolute Gasteiger partial charge is 0.481 e. The van der Waals surface area contributed by atoms with Gasteiger partial charge in [0.2, 0.25) is 5.91 Å². The molecule has 0 saturated carbocycles. The highest BCUT2D eigenvalue weighted by Crippen LogP contribution is 2.30. The van der Waals surface area contributed by atoms with Gasteiger partial charge in [0.1, 0.15) is 0 Å². The zero-order chi connectivity index (χ0) is 30.9. The van der Waals surface area contributed by atoms with Gasteiger partial charge in [0.15, 0.2) is 6.04 Å². The first-order chi connectivity index (χ1) is 21.4. The van der Waals surface area contributed by atoms with Crippen LogP contribution in [0.2, 0.25) is 0 Å². The van der Waals surface area contributed by atoms with Gasteiger partial charge in [-0.1, -0.05) is 109 Å². The van der Waals surface area contributed by atoms with Crippen molar-refractivity contribution < 1.29 is 24.6 Å². The number of carboxylic acid groups (broad SMARTS) is 2. The van der Waals surface area contributed by atoms with Crippen molar-refractivity contribution in [3.05, 3.63) is 138 Å². The number of aliphatic imine (C=N–C) groups is 1. The van der Waals surface area contributed by atoms with Crippen LogP contribution in [0, 0.1) is 0 Å². The topological polar surface area (TPSA) is 119 Å². The number of carbonyl (C=O) groups is 3. The van der Waals surface area contributed by atoms with Crippen molar-refractivity contribution in [1.82, 2.24) is 4.90 Å². The van der Waals surface area contributed by atoms with Crippen LogP contribution in [0.25, 0.3) is 0 Å². The molecule has 44 heavy (non-hydrogen) atoms. The van der Waals surface area contributed by atoms with Crippen LogP contribution in [0.3, 0.4) is 0 Å². The lowest BCUT2D eigenvalue weighted by Gasteiger charge is -2.25. The molecule has 1 aliphatic heterocycles. The van der Waals surface area contributed by atoms with Gasteiger partial charge in [0.25, 0.3) is 0 Å². The molecule has 0 aromatic heterocycles. The normalized spacial score (nSPS) is 16.6. The highest BCUT2D eigenvalue weighted by Gasteiger charge is 2.33. The van der Waals surface area contributed by atoms with Crippen LogP contribution < -0.4 is 5.32 Å². The SMILES string of the molecule is O=C(O)CC(c1ccccc1)C(N=C(c1ccccc1)c1ccccc1NC(=O)C1CCCN1Cc1ccccc1)C(=O)O. The van der Waals surface area contributed by atoms with E-state index in [-0.39, 0.29) is 11.9 Å². The summed E-state index contributed by atoms with van der Waals surface area (Å²) >= 11 is 0. The number of aliphatic carboxylic acids is 2. The van der Waals surface area contributed by atoms with Gasteiger partial charge in [0.05, 0.1) is 23.9 Å². The Morgan fingerprint density at radius 2 is 1.43 bits per heavy atom. The molecular weight excluding hydrogens is 554 g/mol. The smallest absolute Gasteiger partial charge is 0.329 e. The highest BCUT2D eigenvalue weighted by atomic mass is 16.4. The molecule has 0 aliphatic carbocycles. The maximum absolute atomic E-state index is 13.7. The predicted molar refractivity (Wildman–Crippen MR) is 170 cm³/mol. The zero-order valence-corrected chi connectivity index (χ0v) is 24.3. The number of amides is 1. The number of hydrogen-bond donors (Lipinski definition) is 3. The minimum atomic E-state index is -1.40. The maximum Gasteiger partial charge on any atom is 0.329 e. The molecule has 1 saturated heterocycles. The molecule has 0 radical (unpaired) electrons. The molecule has 1 fully saturated rings. The van der Waals surface area contributed by atoms with Gasteiger partial charge in [-0.3, -0.25) is 19.5 Å². The Hall–Kier alpha value is -5.08.